The second kappa shape index (κ2) is 7.62. The zero-order chi connectivity index (χ0) is 15.0. The van der Waals surface area contributed by atoms with Gasteiger partial charge in [0.15, 0.2) is 0 Å². The number of carbonyl (C=O) groups is 2. The lowest BCUT2D eigenvalue weighted by atomic mass is 9.95. The minimum atomic E-state index is -0.946. The average molecular weight is 278 g/mol. The molecular weight excluding hydrogens is 256 g/mol. The summed E-state index contributed by atoms with van der Waals surface area (Å²) >= 11 is 0. The van der Waals surface area contributed by atoms with Crippen molar-refractivity contribution in [3.63, 3.8) is 0 Å². The number of aromatic nitrogens is 1. The van der Waals surface area contributed by atoms with Crippen LogP contribution < -0.4 is 5.32 Å². The molecular formula is C15H22N2O3. The van der Waals surface area contributed by atoms with Gasteiger partial charge in [0.05, 0.1) is 7.11 Å². The zero-order valence-electron chi connectivity index (χ0n) is 12.3. The summed E-state index contributed by atoms with van der Waals surface area (Å²) in [5.74, 6) is -0.556. The maximum atomic E-state index is 12.0. The molecule has 1 aromatic heterocycles. The van der Waals surface area contributed by atoms with Crippen LogP contribution in [-0.4, -0.2) is 29.5 Å². The highest BCUT2D eigenvalue weighted by molar-refractivity contribution is 5.87. The van der Waals surface area contributed by atoms with Gasteiger partial charge in [0.1, 0.15) is 5.54 Å². The number of aryl methyl sites for hydroxylation is 1. The van der Waals surface area contributed by atoms with E-state index in [0.717, 1.165) is 12.0 Å². The molecule has 0 bridgehead atoms. The van der Waals surface area contributed by atoms with E-state index in [1.165, 1.54) is 7.11 Å². The summed E-state index contributed by atoms with van der Waals surface area (Å²) in [6.45, 7) is 3.66. The Morgan fingerprint density at radius 1 is 1.35 bits per heavy atom. The lowest BCUT2D eigenvalue weighted by molar-refractivity contribution is -0.150. The Labute approximate surface area is 119 Å². The Balaban J connectivity index is 2.56. The summed E-state index contributed by atoms with van der Waals surface area (Å²) in [6.07, 6.45) is 5.70. The van der Waals surface area contributed by atoms with E-state index in [1.54, 1.807) is 19.3 Å². The summed E-state index contributed by atoms with van der Waals surface area (Å²) in [4.78, 5) is 27.7. The zero-order valence-corrected chi connectivity index (χ0v) is 12.3. The molecule has 0 fully saturated rings. The highest BCUT2D eigenvalue weighted by atomic mass is 16.5. The fraction of sp³-hybridized carbons (Fsp3) is 0.533. The van der Waals surface area contributed by atoms with Gasteiger partial charge >= 0.3 is 5.97 Å². The second-order valence-corrected chi connectivity index (χ2v) is 4.98. The van der Waals surface area contributed by atoms with E-state index in [2.05, 4.69) is 10.3 Å². The van der Waals surface area contributed by atoms with Crippen LogP contribution >= 0.6 is 0 Å². The van der Waals surface area contributed by atoms with Gasteiger partial charge in [-0.1, -0.05) is 13.3 Å². The van der Waals surface area contributed by atoms with E-state index >= 15 is 0 Å². The summed E-state index contributed by atoms with van der Waals surface area (Å²) < 4.78 is 4.77. The first-order valence-electron chi connectivity index (χ1n) is 6.80. The number of carbonyl (C=O) groups excluding carboxylic acids is 2. The van der Waals surface area contributed by atoms with Crippen LogP contribution in [0.15, 0.2) is 24.5 Å². The standard InChI is InChI=1S/C15H22N2O3/c1-4-9-15(2,14(19)20-3)17-13(18)6-5-12-7-10-16-11-8-12/h7-8,10-11H,4-6,9H2,1-3H3,(H,17,18). The molecule has 5 nitrogen and oxygen atoms in total. The molecule has 1 aromatic rings. The van der Waals surface area contributed by atoms with Crippen molar-refractivity contribution in [2.75, 3.05) is 7.11 Å². The lowest BCUT2D eigenvalue weighted by Crippen LogP contribution is -2.52. The molecule has 0 aliphatic carbocycles. The Morgan fingerprint density at radius 2 is 2.00 bits per heavy atom. The predicted octanol–water partition coefficient (Wildman–Crippen LogP) is 1.86. The Bertz CT molecular complexity index is 448. The third-order valence-electron chi connectivity index (χ3n) is 3.19. The number of rotatable bonds is 7. The smallest absolute Gasteiger partial charge is 0.331 e. The lowest BCUT2D eigenvalue weighted by Gasteiger charge is -2.27. The number of nitrogens with zero attached hydrogens (tertiary/aromatic N) is 1. The van der Waals surface area contributed by atoms with Gasteiger partial charge in [-0.05, 0) is 37.5 Å². The number of ether oxygens (including phenoxy) is 1. The summed E-state index contributed by atoms with van der Waals surface area (Å²) in [5.41, 5.74) is 0.101. The van der Waals surface area contributed by atoms with Crippen LogP contribution in [0.2, 0.25) is 0 Å². The molecule has 0 saturated heterocycles. The average Bonchev–Trinajstić information content (AvgIpc) is 2.45. The molecule has 0 aliphatic heterocycles. The molecule has 1 rings (SSSR count). The highest BCUT2D eigenvalue weighted by Gasteiger charge is 2.34. The topological polar surface area (TPSA) is 68.3 Å². The molecule has 1 N–H and O–H groups in total. The van der Waals surface area contributed by atoms with Gasteiger partial charge in [-0.25, -0.2) is 4.79 Å². The monoisotopic (exact) mass is 278 g/mol. The van der Waals surface area contributed by atoms with Gasteiger partial charge in [-0.2, -0.15) is 0 Å². The first kappa shape index (κ1) is 16.1. The van der Waals surface area contributed by atoms with Crippen LogP contribution in [0.25, 0.3) is 0 Å². The maximum Gasteiger partial charge on any atom is 0.331 e. The van der Waals surface area contributed by atoms with E-state index < -0.39 is 11.5 Å². The third kappa shape index (κ3) is 4.64. The van der Waals surface area contributed by atoms with Gasteiger partial charge in [0, 0.05) is 18.8 Å². The molecule has 1 amide bonds. The van der Waals surface area contributed by atoms with Crippen molar-refractivity contribution < 1.29 is 14.3 Å². The fourth-order valence-corrected chi connectivity index (χ4v) is 2.12. The van der Waals surface area contributed by atoms with Crippen molar-refractivity contribution in [1.82, 2.24) is 10.3 Å². The molecule has 0 radical (unpaired) electrons. The highest BCUT2D eigenvalue weighted by Crippen LogP contribution is 2.15. The number of nitrogens with one attached hydrogen (secondary N) is 1. The van der Waals surface area contributed by atoms with Gasteiger partial charge in [0.25, 0.3) is 0 Å². The van der Waals surface area contributed by atoms with Crippen LogP contribution in [0, 0.1) is 0 Å². The molecule has 0 spiro atoms. The first-order valence-corrected chi connectivity index (χ1v) is 6.80. The van der Waals surface area contributed by atoms with Crippen molar-refractivity contribution in [3.8, 4) is 0 Å². The number of methoxy groups -OCH3 is 1. The van der Waals surface area contributed by atoms with Crippen LogP contribution in [0.1, 0.15) is 38.7 Å². The van der Waals surface area contributed by atoms with Gasteiger partial charge in [-0.3, -0.25) is 9.78 Å². The van der Waals surface area contributed by atoms with E-state index in [-0.39, 0.29) is 5.91 Å². The van der Waals surface area contributed by atoms with Crippen LogP contribution in [0.5, 0.6) is 0 Å². The third-order valence-corrected chi connectivity index (χ3v) is 3.19. The van der Waals surface area contributed by atoms with E-state index in [9.17, 15) is 9.59 Å². The molecule has 110 valence electrons. The summed E-state index contributed by atoms with van der Waals surface area (Å²) in [7, 11) is 1.33. The molecule has 0 aliphatic rings. The van der Waals surface area contributed by atoms with Gasteiger partial charge < -0.3 is 10.1 Å². The molecule has 0 saturated carbocycles. The van der Waals surface area contributed by atoms with Gasteiger partial charge in [0.2, 0.25) is 5.91 Å². The van der Waals surface area contributed by atoms with E-state index in [0.29, 0.717) is 19.3 Å². The Morgan fingerprint density at radius 3 is 2.55 bits per heavy atom. The normalized spacial score (nSPS) is 13.3. The molecule has 20 heavy (non-hydrogen) atoms. The molecule has 5 heteroatoms. The molecule has 0 aromatic carbocycles. The van der Waals surface area contributed by atoms with Crippen LogP contribution in [-0.2, 0) is 20.7 Å². The quantitative estimate of drug-likeness (QED) is 0.773. The minimum absolute atomic E-state index is 0.150. The van der Waals surface area contributed by atoms with E-state index in [1.807, 2.05) is 19.1 Å². The number of esters is 1. The minimum Gasteiger partial charge on any atom is -0.467 e. The molecule has 1 heterocycles. The van der Waals surface area contributed by atoms with Crippen molar-refractivity contribution in [2.24, 2.45) is 0 Å². The van der Waals surface area contributed by atoms with Crippen LogP contribution in [0.4, 0.5) is 0 Å². The van der Waals surface area contributed by atoms with Gasteiger partial charge in [-0.15, -0.1) is 0 Å². The number of pyridine rings is 1. The summed E-state index contributed by atoms with van der Waals surface area (Å²) in [5, 5.41) is 2.79. The largest absolute Gasteiger partial charge is 0.467 e. The molecule has 1 atom stereocenters. The first-order chi connectivity index (χ1) is 9.51. The van der Waals surface area contributed by atoms with Crippen molar-refractivity contribution in [2.45, 2.75) is 45.1 Å². The number of hydrogen-bond donors (Lipinski definition) is 1. The second-order valence-electron chi connectivity index (χ2n) is 4.98. The van der Waals surface area contributed by atoms with E-state index in [4.69, 9.17) is 4.74 Å². The van der Waals surface area contributed by atoms with Crippen molar-refractivity contribution in [3.05, 3.63) is 30.1 Å². The number of hydrogen-bond acceptors (Lipinski definition) is 4. The Kier molecular flexibility index (Phi) is 6.15. The van der Waals surface area contributed by atoms with Crippen molar-refractivity contribution >= 4 is 11.9 Å². The molecule has 1 unspecified atom stereocenters. The predicted molar refractivity (Wildman–Crippen MR) is 76.0 cm³/mol. The fourth-order valence-electron chi connectivity index (χ4n) is 2.12. The summed E-state index contributed by atoms with van der Waals surface area (Å²) in [6, 6.07) is 3.75. The van der Waals surface area contributed by atoms with Crippen molar-refractivity contribution in [1.29, 1.82) is 0 Å². The number of amides is 1. The SMILES string of the molecule is CCCC(C)(NC(=O)CCc1ccncc1)C(=O)OC. The maximum absolute atomic E-state index is 12.0. The van der Waals surface area contributed by atoms with Crippen LogP contribution in [0.3, 0.4) is 0 Å². The Hall–Kier alpha value is -1.91.